The van der Waals surface area contributed by atoms with Gasteiger partial charge in [-0.3, -0.25) is 4.90 Å². The van der Waals surface area contributed by atoms with Crippen LogP contribution < -0.4 is 0 Å². The molecule has 1 spiro atoms. The van der Waals surface area contributed by atoms with Gasteiger partial charge in [-0.2, -0.15) is 0 Å². The highest BCUT2D eigenvalue weighted by atomic mass is 16.3. The van der Waals surface area contributed by atoms with E-state index in [1.165, 1.54) is 83.5 Å². The molecule has 0 bridgehead atoms. The number of piperidine rings is 1. The van der Waals surface area contributed by atoms with Gasteiger partial charge in [-0.15, -0.1) is 0 Å². The quantitative estimate of drug-likeness (QED) is 0.729. The first-order valence-corrected chi connectivity index (χ1v) is 9.71. The highest BCUT2D eigenvalue weighted by Crippen LogP contribution is 2.54. The van der Waals surface area contributed by atoms with E-state index in [-0.39, 0.29) is 0 Å². The molecule has 2 heteroatoms. The second kappa shape index (κ2) is 7.00. The lowest BCUT2D eigenvalue weighted by atomic mass is 9.66. The van der Waals surface area contributed by atoms with E-state index in [1.54, 1.807) is 0 Å². The zero-order chi connectivity index (χ0) is 14.7. The van der Waals surface area contributed by atoms with E-state index in [0.717, 1.165) is 12.0 Å². The second-order valence-electron chi connectivity index (χ2n) is 7.91. The second-order valence-corrected chi connectivity index (χ2v) is 7.91. The number of rotatable bonds is 6. The third-order valence-electron chi connectivity index (χ3n) is 6.83. The van der Waals surface area contributed by atoms with Crippen LogP contribution in [0.5, 0.6) is 0 Å². The van der Waals surface area contributed by atoms with E-state index in [2.05, 4.69) is 11.8 Å². The van der Waals surface area contributed by atoms with E-state index >= 15 is 0 Å². The summed E-state index contributed by atoms with van der Waals surface area (Å²) in [6.45, 7) is 2.68. The monoisotopic (exact) mass is 293 g/mol. The summed E-state index contributed by atoms with van der Waals surface area (Å²) in [5, 5.41) is 9.88. The van der Waals surface area contributed by atoms with Crippen LogP contribution >= 0.6 is 0 Å². The van der Waals surface area contributed by atoms with Gasteiger partial charge in [-0.25, -0.2) is 0 Å². The highest BCUT2D eigenvalue weighted by Gasteiger charge is 2.55. The van der Waals surface area contributed by atoms with Gasteiger partial charge in [0.1, 0.15) is 0 Å². The number of hydrogen-bond donors (Lipinski definition) is 1. The molecule has 0 aromatic heterocycles. The lowest BCUT2D eigenvalue weighted by molar-refractivity contribution is -0.0702. The van der Waals surface area contributed by atoms with E-state index < -0.39 is 0 Å². The van der Waals surface area contributed by atoms with Gasteiger partial charge >= 0.3 is 0 Å². The smallest absolute Gasteiger partial charge is 0.0587 e. The van der Waals surface area contributed by atoms with Gasteiger partial charge in [0.05, 0.1) is 6.61 Å². The Kier molecular flexibility index (Phi) is 5.27. The summed E-state index contributed by atoms with van der Waals surface area (Å²) in [4.78, 5) is 2.87. The summed E-state index contributed by atoms with van der Waals surface area (Å²) >= 11 is 0. The van der Waals surface area contributed by atoms with E-state index in [0.29, 0.717) is 18.2 Å². The molecule has 0 unspecified atom stereocenters. The molecule has 0 aromatic carbocycles. The molecule has 1 N–H and O–H groups in total. The number of aliphatic hydroxyl groups excluding tert-OH is 1. The van der Waals surface area contributed by atoms with Crippen molar-refractivity contribution in [1.82, 2.24) is 4.90 Å². The molecule has 0 aromatic rings. The first-order chi connectivity index (χ1) is 10.3. The van der Waals surface area contributed by atoms with Crippen LogP contribution in [0.2, 0.25) is 0 Å². The Balaban J connectivity index is 1.70. The summed E-state index contributed by atoms with van der Waals surface area (Å²) in [6.07, 6.45) is 18.1. The molecular formula is C19H35NO. The van der Waals surface area contributed by atoms with Crippen molar-refractivity contribution in [2.24, 2.45) is 5.92 Å². The minimum absolute atomic E-state index is 0.389. The van der Waals surface area contributed by atoms with Crippen molar-refractivity contribution in [1.29, 1.82) is 0 Å². The first-order valence-electron chi connectivity index (χ1n) is 9.71. The third-order valence-corrected chi connectivity index (χ3v) is 6.83. The van der Waals surface area contributed by atoms with Crippen LogP contribution in [-0.4, -0.2) is 34.2 Å². The average molecular weight is 293 g/mol. The fraction of sp³-hybridized carbons (Fsp3) is 1.00. The molecule has 0 radical (unpaired) electrons. The molecule has 2 aliphatic heterocycles. The number of unbranched alkanes of at least 4 members (excludes halogenated alkanes) is 3. The predicted molar refractivity (Wildman–Crippen MR) is 88.4 cm³/mol. The van der Waals surface area contributed by atoms with Crippen molar-refractivity contribution in [3.8, 4) is 0 Å². The lowest BCUT2D eigenvalue weighted by Gasteiger charge is -2.56. The standard InChI is InChI=1S/C19H35NO/c1-2-3-4-5-9-17-11-10-16-8-6-7-13-19(16)14-12-18(15-21)20(17)19/h16-18,21H,2-15H2,1H3/t16-,17-,18-,19+/m0/s1. The van der Waals surface area contributed by atoms with E-state index in [9.17, 15) is 5.11 Å². The van der Waals surface area contributed by atoms with Crippen LogP contribution in [0.4, 0.5) is 0 Å². The van der Waals surface area contributed by atoms with Crippen molar-refractivity contribution >= 4 is 0 Å². The molecule has 4 atom stereocenters. The zero-order valence-corrected chi connectivity index (χ0v) is 14.0. The molecule has 2 saturated heterocycles. The zero-order valence-electron chi connectivity index (χ0n) is 14.0. The maximum absolute atomic E-state index is 9.88. The summed E-state index contributed by atoms with van der Waals surface area (Å²) in [6, 6.07) is 1.25. The van der Waals surface area contributed by atoms with Gasteiger partial charge in [-0.05, 0) is 50.9 Å². The van der Waals surface area contributed by atoms with Crippen LogP contribution in [0.25, 0.3) is 0 Å². The van der Waals surface area contributed by atoms with Gasteiger partial charge < -0.3 is 5.11 Å². The first kappa shape index (κ1) is 15.8. The van der Waals surface area contributed by atoms with Gasteiger partial charge in [0.25, 0.3) is 0 Å². The molecular weight excluding hydrogens is 258 g/mol. The van der Waals surface area contributed by atoms with Gasteiger partial charge in [0.2, 0.25) is 0 Å². The lowest BCUT2D eigenvalue weighted by Crippen LogP contribution is -2.61. The van der Waals surface area contributed by atoms with Crippen LogP contribution in [0, 0.1) is 5.92 Å². The Morgan fingerprint density at radius 2 is 1.86 bits per heavy atom. The van der Waals surface area contributed by atoms with Gasteiger partial charge in [0, 0.05) is 17.6 Å². The van der Waals surface area contributed by atoms with Crippen LogP contribution in [-0.2, 0) is 0 Å². The number of aliphatic hydroxyl groups is 1. The minimum Gasteiger partial charge on any atom is -0.395 e. The van der Waals surface area contributed by atoms with Gasteiger partial charge in [0.15, 0.2) is 0 Å². The predicted octanol–water partition coefficient (Wildman–Crippen LogP) is 4.50. The summed E-state index contributed by atoms with van der Waals surface area (Å²) < 4.78 is 0. The van der Waals surface area contributed by atoms with Crippen molar-refractivity contribution < 1.29 is 5.11 Å². The Morgan fingerprint density at radius 3 is 2.67 bits per heavy atom. The maximum Gasteiger partial charge on any atom is 0.0587 e. The molecule has 3 aliphatic rings. The fourth-order valence-electron chi connectivity index (χ4n) is 5.89. The molecule has 1 aliphatic carbocycles. The van der Waals surface area contributed by atoms with Crippen LogP contribution in [0.15, 0.2) is 0 Å². The summed E-state index contributed by atoms with van der Waals surface area (Å²) in [5.41, 5.74) is 0.499. The molecule has 3 rings (SSSR count). The normalized spacial score (nSPS) is 40.0. The fourth-order valence-corrected chi connectivity index (χ4v) is 5.89. The topological polar surface area (TPSA) is 23.5 Å². The molecule has 21 heavy (non-hydrogen) atoms. The number of hydrogen-bond acceptors (Lipinski definition) is 2. The van der Waals surface area contributed by atoms with E-state index in [1.807, 2.05) is 0 Å². The Hall–Kier alpha value is -0.0800. The van der Waals surface area contributed by atoms with E-state index in [4.69, 9.17) is 0 Å². The van der Waals surface area contributed by atoms with Crippen LogP contribution in [0.3, 0.4) is 0 Å². The van der Waals surface area contributed by atoms with Crippen molar-refractivity contribution in [2.75, 3.05) is 6.61 Å². The summed E-state index contributed by atoms with van der Waals surface area (Å²) in [7, 11) is 0. The Morgan fingerprint density at radius 1 is 0.952 bits per heavy atom. The SMILES string of the molecule is CCCCCC[C@H]1CC[C@@H]2CCCC[C@@]23CC[C@@H](CO)N13. The largest absolute Gasteiger partial charge is 0.395 e. The molecule has 2 nitrogen and oxygen atoms in total. The molecule has 0 amide bonds. The average Bonchev–Trinajstić information content (AvgIpc) is 2.90. The highest BCUT2D eigenvalue weighted by molar-refractivity contribution is 5.10. The van der Waals surface area contributed by atoms with Crippen molar-refractivity contribution in [3.05, 3.63) is 0 Å². The molecule has 122 valence electrons. The molecule has 2 heterocycles. The number of nitrogens with zero attached hydrogens (tertiary/aromatic N) is 1. The maximum atomic E-state index is 9.88. The summed E-state index contributed by atoms with van der Waals surface area (Å²) in [5.74, 6) is 0.940. The minimum atomic E-state index is 0.389. The molecule has 1 saturated carbocycles. The van der Waals surface area contributed by atoms with Gasteiger partial charge in [-0.1, -0.05) is 45.4 Å². The molecule has 3 fully saturated rings. The van der Waals surface area contributed by atoms with Crippen molar-refractivity contribution in [2.45, 2.75) is 108 Å². The third kappa shape index (κ3) is 2.91. The Bertz CT molecular complexity index is 332. The van der Waals surface area contributed by atoms with Crippen LogP contribution in [0.1, 0.15) is 90.4 Å². The Labute approximate surface area is 131 Å². The van der Waals surface area contributed by atoms with Crippen molar-refractivity contribution in [3.63, 3.8) is 0 Å².